The monoisotopic (exact) mass is 159 g/mol. The quantitative estimate of drug-likeness (QED) is 0.638. The minimum atomic E-state index is 0.331. The van der Waals surface area contributed by atoms with Crippen molar-refractivity contribution in [1.29, 1.82) is 0 Å². The molecule has 2 heteroatoms. The normalized spacial score (nSPS) is 11.6. The molecule has 0 amide bonds. The van der Waals surface area contributed by atoms with Crippen molar-refractivity contribution in [3.8, 4) is 0 Å². The van der Waals surface area contributed by atoms with Gasteiger partial charge >= 0.3 is 0 Å². The Morgan fingerprint density at radius 3 is 2.30 bits per heavy atom. The van der Waals surface area contributed by atoms with Crippen LogP contribution in [0.3, 0.4) is 0 Å². The van der Waals surface area contributed by atoms with E-state index in [1.165, 1.54) is 0 Å². The fraction of sp³-hybridized carbons (Fsp3) is 0.750. The Labute approximate surface area is 68.1 Å². The van der Waals surface area contributed by atoms with Gasteiger partial charge in [0, 0.05) is 17.0 Å². The summed E-state index contributed by atoms with van der Waals surface area (Å²) in [5.74, 6) is 0.986. The van der Waals surface area contributed by atoms with Crippen molar-refractivity contribution in [3.63, 3.8) is 0 Å². The van der Waals surface area contributed by atoms with E-state index in [1.54, 1.807) is 0 Å². The highest BCUT2D eigenvalue weighted by Gasteiger charge is 2.09. The molecule has 0 aromatic carbocycles. The van der Waals surface area contributed by atoms with Crippen LogP contribution in [0.2, 0.25) is 0 Å². The van der Waals surface area contributed by atoms with Crippen LogP contribution >= 0.6 is 11.8 Å². The van der Waals surface area contributed by atoms with E-state index < -0.39 is 0 Å². The van der Waals surface area contributed by atoms with Crippen LogP contribution in [0.25, 0.3) is 0 Å². The predicted octanol–water partition coefficient (Wildman–Crippen LogP) is 2.03. The van der Waals surface area contributed by atoms with Crippen molar-refractivity contribution in [2.24, 2.45) is 5.73 Å². The SMILES string of the molecule is C=C(CN)CSC(C)(C)C. The van der Waals surface area contributed by atoms with Crippen molar-refractivity contribution >= 4 is 11.8 Å². The summed E-state index contributed by atoms with van der Waals surface area (Å²) in [5, 5.41) is 0. The van der Waals surface area contributed by atoms with Crippen LogP contribution in [0.5, 0.6) is 0 Å². The number of nitrogens with two attached hydrogens (primary N) is 1. The van der Waals surface area contributed by atoms with Gasteiger partial charge in [0.1, 0.15) is 0 Å². The lowest BCUT2D eigenvalue weighted by molar-refractivity contribution is 0.803. The van der Waals surface area contributed by atoms with E-state index in [0.717, 1.165) is 11.3 Å². The van der Waals surface area contributed by atoms with Crippen molar-refractivity contribution in [1.82, 2.24) is 0 Å². The molecule has 0 bridgehead atoms. The molecule has 10 heavy (non-hydrogen) atoms. The maximum Gasteiger partial charge on any atom is 0.0158 e. The second-order valence-corrected chi connectivity index (χ2v) is 5.16. The Kier molecular flexibility index (Phi) is 4.06. The molecule has 0 fully saturated rings. The molecule has 0 aliphatic rings. The second kappa shape index (κ2) is 4.04. The first-order valence-electron chi connectivity index (χ1n) is 3.46. The van der Waals surface area contributed by atoms with Gasteiger partial charge in [-0.25, -0.2) is 0 Å². The van der Waals surface area contributed by atoms with E-state index in [9.17, 15) is 0 Å². The molecular weight excluding hydrogens is 142 g/mol. The summed E-state index contributed by atoms with van der Waals surface area (Å²) < 4.78 is 0.331. The van der Waals surface area contributed by atoms with E-state index in [4.69, 9.17) is 5.73 Å². The average Bonchev–Trinajstić information content (AvgIpc) is 1.81. The predicted molar refractivity (Wildman–Crippen MR) is 50.4 cm³/mol. The zero-order valence-electron chi connectivity index (χ0n) is 7.11. The first-order valence-corrected chi connectivity index (χ1v) is 4.45. The minimum absolute atomic E-state index is 0.331. The first-order chi connectivity index (χ1) is 4.45. The Hall–Kier alpha value is 0.0500. The highest BCUT2D eigenvalue weighted by Crippen LogP contribution is 2.24. The zero-order chi connectivity index (χ0) is 8.20. The Morgan fingerprint density at radius 2 is 2.00 bits per heavy atom. The Bertz CT molecular complexity index is 113. The molecule has 0 aromatic heterocycles. The van der Waals surface area contributed by atoms with Gasteiger partial charge in [0.2, 0.25) is 0 Å². The number of hydrogen-bond acceptors (Lipinski definition) is 2. The van der Waals surface area contributed by atoms with Crippen molar-refractivity contribution in [2.45, 2.75) is 25.5 Å². The summed E-state index contributed by atoms with van der Waals surface area (Å²) in [7, 11) is 0. The third-order valence-electron chi connectivity index (χ3n) is 0.998. The van der Waals surface area contributed by atoms with E-state index in [0.29, 0.717) is 11.3 Å². The number of hydrogen-bond donors (Lipinski definition) is 1. The standard InChI is InChI=1S/C8H17NS/c1-7(5-9)6-10-8(2,3)4/h1,5-6,9H2,2-4H3. The molecule has 0 saturated carbocycles. The van der Waals surface area contributed by atoms with Crippen LogP contribution in [-0.4, -0.2) is 17.0 Å². The van der Waals surface area contributed by atoms with Gasteiger partial charge in [-0.2, -0.15) is 11.8 Å². The summed E-state index contributed by atoms with van der Waals surface area (Å²) in [6, 6.07) is 0. The van der Waals surface area contributed by atoms with Crippen LogP contribution in [0.1, 0.15) is 20.8 Å². The molecule has 0 atom stereocenters. The smallest absolute Gasteiger partial charge is 0.0158 e. The summed E-state index contributed by atoms with van der Waals surface area (Å²) in [4.78, 5) is 0. The van der Waals surface area contributed by atoms with Crippen molar-refractivity contribution in [2.75, 3.05) is 12.3 Å². The van der Waals surface area contributed by atoms with E-state index in [2.05, 4.69) is 27.4 Å². The lowest BCUT2D eigenvalue weighted by Gasteiger charge is -2.17. The molecule has 0 saturated heterocycles. The largest absolute Gasteiger partial charge is 0.327 e. The van der Waals surface area contributed by atoms with Crippen LogP contribution in [0.15, 0.2) is 12.2 Å². The van der Waals surface area contributed by atoms with Crippen LogP contribution in [-0.2, 0) is 0 Å². The van der Waals surface area contributed by atoms with E-state index in [1.807, 2.05) is 11.8 Å². The highest BCUT2D eigenvalue weighted by atomic mass is 32.2. The highest BCUT2D eigenvalue weighted by molar-refractivity contribution is 8.00. The lowest BCUT2D eigenvalue weighted by Crippen LogP contribution is -2.11. The lowest BCUT2D eigenvalue weighted by atomic mass is 10.3. The average molecular weight is 159 g/mol. The van der Waals surface area contributed by atoms with Crippen LogP contribution < -0.4 is 5.73 Å². The summed E-state index contributed by atoms with van der Waals surface area (Å²) in [6.07, 6.45) is 0. The molecule has 1 nitrogen and oxygen atoms in total. The van der Waals surface area contributed by atoms with E-state index in [-0.39, 0.29) is 0 Å². The summed E-state index contributed by atoms with van der Waals surface area (Å²) in [6.45, 7) is 11.0. The minimum Gasteiger partial charge on any atom is -0.327 e. The molecule has 0 aromatic rings. The molecule has 0 unspecified atom stereocenters. The van der Waals surface area contributed by atoms with E-state index >= 15 is 0 Å². The number of thioether (sulfide) groups is 1. The molecule has 60 valence electrons. The molecular formula is C8H17NS. The second-order valence-electron chi connectivity index (χ2n) is 3.36. The fourth-order valence-corrected chi connectivity index (χ4v) is 1.13. The Morgan fingerprint density at radius 1 is 1.50 bits per heavy atom. The topological polar surface area (TPSA) is 26.0 Å². The maximum absolute atomic E-state index is 5.39. The molecule has 0 aliphatic heterocycles. The van der Waals surface area contributed by atoms with Crippen molar-refractivity contribution < 1.29 is 0 Å². The fourth-order valence-electron chi connectivity index (χ4n) is 0.377. The van der Waals surface area contributed by atoms with Gasteiger partial charge in [-0.15, -0.1) is 0 Å². The molecule has 2 N–H and O–H groups in total. The van der Waals surface area contributed by atoms with Crippen molar-refractivity contribution in [3.05, 3.63) is 12.2 Å². The molecule has 0 aliphatic carbocycles. The third-order valence-corrected chi connectivity index (χ3v) is 2.42. The molecule has 0 radical (unpaired) electrons. The van der Waals surface area contributed by atoms with Crippen LogP contribution in [0.4, 0.5) is 0 Å². The Balaban J connectivity index is 3.46. The summed E-state index contributed by atoms with van der Waals surface area (Å²) in [5.41, 5.74) is 6.51. The molecule has 0 heterocycles. The molecule has 0 rings (SSSR count). The number of rotatable bonds is 3. The van der Waals surface area contributed by atoms with Gasteiger partial charge in [0.05, 0.1) is 0 Å². The van der Waals surface area contributed by atoms with Crippen LogP contribution in [0, 0.1) is 0 Å². The van der Waals surface area contributed by atoms with Gasteiger partial charge in [0.15, 0.2) is 0 Å². The summed E-state index contributed by atoms with van der Waals surface area (Å²) >= 11 is 1.89. The van der Waals surface area contributed by atoms with Gasteiger partial charge in [-0.1, -0.05) is 32.9 Å². The first kappa shape index (κ1) is 10.0. The molecule has 0 spiro atoms. The third kappa shape index (κ3) is 6.17. The van der Waals surface area contributed by atoms with Gasteiger partial charge in [-0.3, -0.25) is 0 Å². The van der Waals surface area contributed by atoms with Gasteiger partial charge < -0.3 is 5.73 Å². The maximum atomic E-state index is 5.39. The zero-order valence-corrected chi connectivity index (χ0v) is 7.92. The van der Waals surface area contributed by atoms with Gasteiger partial charge in [-0.05, 0) is 0 Å². The van der Waals surface area contributed by atoms with Gasteiger partial charge in [0.25, 0.3) is 0 Å².